The Hall–Kier alpha value is -5.35. The Morgan fingerprint density at radius 3 is 0.964 bits per heavy atom. The smallest absolute Gasteiger partial charge is 0.306 e. The predicted molar refractivity (Wildman–Crippen MR) is 351 cm³/mol. The number of allylic oxidation sites excluding steroid dienone is 28. The largest absolute Gasteiger partial charge is 0.545 e. The lowest BCUT2D eigenvalue weighted by Gasteiger charge is -2.26. The van der Waals surface area contributed by atoms with Gasteiger partial charge in [0.05, 0.1) is 40.3 Å². The summed E-state index contributed by atoms with van der Waals surface area (Å²) < 4.78 is 22.7. The average molecular weight is 1150 g/mol. The number of quaternary nitrogens is 1. The van der Waals surface area contributed by atoms with Crippen LogP contribution in [0.1, 0.15) is 219 Å². The molecule has 0 radical (unpaired) electrons. The zero-order valence-electron chi connectivity index (χ0n) is 53.0. The summed E-state index contributed by atoms with van der Waals surface area (Å²) in [5.41, 5.74) is 0. The maximum atomic E-state index is 12.9. The number of carbonyl (C=O) groups excluding carboxylic acids is 3. The van der Waals surface area contributed by atoms with Gasteiger partial charge in [-0.3, -0.25) is 9.59 Å². The van der Waals surface area contributed by atoms with Crippen LogP contribution in [-0.2, 0) is 33.3 Å². The molecule has 9 nitrogen and oxygen atoms in total. The van der Waals surface area contributed by atoms with E-state index in [0.29, 0.717) is 17.4 Å². The first-order valence-electron chi connectivity index (χ1n) is 32.3. The number of hydrogen-bond acceptors (Lipinski definition) is 8. The molecule has 0 fully saturated rings. The molecule has 0 saturated carbocycles. The molecule has 83 heavy (non-hydrogen) atoms. The highest BCUT2D eigenvalue weighted by molar-refractivity contribution is 5.70. The zero-order valence-corrected chi connectivity index (χ0v) is 53.0. The van der Waals surface area contributed by atoms with E-state index in [1.807, 2.05) is 21.1 Å². The third-order valence-corrected chi connectivity index (χ3v) is 13.0. The molecule has 0 N–H and O–H groups in total. The molecule has 0 aromatic heterocycles. The number of carbonyl (C=O) groups is 3. The van der Waals surface area contributed by atoms with Gasteiger partial charge in [-0.1, -0.05) is 248 Å². The van der Waals surface area contributed by atoms with Crippen molar-refractivity contribution < 1.29 is 42.9 Å². The number of aliphatic carboxylic acids is 1. The molecule has 0 aliphatic carbocycles. The van der Waals surface area contributed by atoms with Crippen molar-refractivity contribution in [1.82, 2.24) is 0 Å². The highest BCUT2D eigenvalue weighted by atomic mass is 16.7. The zero-order chi connectivity index (χ0) is 60.5. The van der Waals surface area contributed by atoms with Gasteiger partial charge < -0.3 is 33.3 Å². The number of hydrogen-bond donors (Lipinski definition) is 0. The molecular weight excluding hydrogens is 1030 g/mol. The molecule has 0 aromatic carbocycles. The number of nitrogens with zero attached hydrogens (tertiary/aromatic N) is 1. The van der Waals surface area contributed by atoms with E-state index in [2.05, 4.69) is 184 Å². The molecule has 0 aliphatic heterocycles. The van der Waals surface area contributed by atoms with Gasteiger partial charge in [-0.2, -0.15) is 0 Å². The van der Waals surface area contributed by atoms with Crippen LogP contribution in [0.5, 0.6) is 0 Å². The molecule has 0 saturated heterocycles. The number of likely N-dealkylation sites (N-methyl/N-ethyl adjacent to an activating group) is 1. The van der Waals surface area contributed by atoms with E-state index in [1.54, 1.807) is 0 Å². The van der Waals surface area contributed by atoms with Crippen molar-refractivity contribution in [2.45, 2.75) is 232 Å². The molecule has 0 amide bonds. The first-order valence-corrected chi connectivity index (χ1v) is 32.3. The average Bonchev–Trinajstić information content (AvgIpc) is 3.46. The first-order chi connectivity index (χ1) is 40.6. The van der Waals surface area contributed by atoms with Crippen LogP contribution in [0.3, 0.4) is 0 Å². The van der Waals surface area contributed by atoms with Crippen molar-refractivity contribution in [1.29, 1.82) is 0 Å². The number of ether oxygens (including phenoxy) is 4. The summed E-state index contributed by atoms with van der Waals surface area (Å²) in [6, 6.07) is 0. The van der Waals surface area contributed by atoms with Gasteiger partial charge >= 0.3 is 11.9 Å². The molecule has 466 valence electrons. The summed E-state index contributed by atoms with van der Waals surface area (Å²) in [7, 11) is 5.90. The minimum Gasteiger partial charge on any atom is -0.545 e. The number of carboxylic acid groups (broad SMARTS) is 1. The number of esters is 2. The molecule has 0 bridgehead atoms. The summed E-state index contributed by atoms with van der Waals surface area (Å²) in [6.07, 6.45) is 91.2. The van der Waals surface area contributed by atoms with Crippen molar-refractivity contribution in [3.63, 3.8) is 0 Å². The Balaban J connectivity index is 4.31. The van der Waals surface area contributed by atoms with E-state index >= 15 is 0 Å². The van der Waals surface area contributed by atoms with E-state index in [-0.39, 0.29) is 38.6 Å². The molecule has 0 aromatic rings. The van der Waals surface area contributed by atoms with Gasteiger partial charge in [0.1, 0.15) is 13.2 Å². The minimum atomic E-state index is -1.64. The van der Waals surface area contributed by atoms with Crippen molar-refractivity contribution in [2.24, 2.45) is 0 Å². The Morgan fingerprint density at radius 2 is 0.651 bits per heavy atom. The maximum absolute atomic E-state index is 12.9. The SMILES string of the molecule is CC/C=C\C/C=C\C/C=C\C/C=C\C/C=C\C/C=C\C/C=C\C/C=C\C/C=C\C/C=C\CCCCCCC(=O)OC(COC(=O)CCCCCCCCCCCC/C=C\C/C=C\C/C=C\C/C=C\CC)COC(OCC[N+](C)(C)C)C(=O)[O-]. The Bertz CT molecular complexity index is 1960. The third-order valence-electron chi connectivity index (χ3n) is 13.0. The lowest BCUT2D eigenvalue weighted by molar-refractivity contribution is -0.870. The summed E-state index contributed by atoms with van der Waals surface area (Å²) >= 11 is 0. The first kappa shape index (κ1) is 77.7. The number of carboxylic acids is 1. The minimum absolute atomic E-state index is 0.132. The second-order valence-corrected chi connectivity index (χ2v) is 21.9. The summed E-state index contributed by atoms with van der Waals surface area (Å²) in [4.78, 5) is 37.4. The van der Waals surface area contributed by atoms with Gasteiger partial charge in [0, 0.05) is 12.8 Å². The normalized spacial score (nSPS) is 13.9. The van der Waals surface area contributed by atoms with Crippen LogP contribution in [0, 0.1) is 0 Å². The fourth-order valence-electron chi connectivity index (χ4n) is 8.08. The lowest BCUT2D eigenvalue weighted by atomic mass is 10.1. The van der Waals surface area contributed by atoms with Crippen LogP contribution in [0.4, 0.5) is 0 Å². The number of unbranched alkanes of at least 4 members (excludes halogenated alkanes) is 14. The molecule has 0 rings (SSSR count). The summed E-state index contributed by atoms with van der Waals surface area (Å²) in [5, 5.41) is 11.8. The van der Waals surface area contributed by atoms with Crippen molar-refractivity contribution in [3.8, 4) is 0 Å². The standard InChI is InChI=1S/C74H117NO8/c1-6-8-10-12-14-16-18-20-22-24-26-28-30-31-32-33-34-35-36-37-38-39-40-41-43-45-47-49-51-53-55-57-59-61-63-65-72(77)83-70(69-82-74(73(78)79)80-67-66-75(3,4)5)68-81-71(76)64-62-60-58-56-54-52-50-48-46-44-42-29-27-25-23-21-19-17-15-13-11-9-7-2/h8-11,14-17,20-23,26-29,31-32,34-35,37-38,40-41,45,47,51,53,70,74H,6-7,12-13,18-19,24-25,30,33,36,39,42-44,46,48-50,52,54-69H2,1-5H3/b10-8-,11-9-,16-14-,17-15-,22-20-,23-21-,28-26-,29-27-,32-31-,35-34-,38-37-,41-40-,47-45-,53-51-. The van der Waals surface area contributed by atoms with E-state index in [4.69, 9.17) is 18.9 Å². The van der Waals surface area contributed by atoms with Gasteiger partial charge in [0.2, 0.25) is 0 Å². The molecule has 2 atom stereocenters. The van der Waals surface area contributed by atoms with Crippen LogP contribution < -0.4 is 5.11 Å². The monoisotopic (exact) mass is 1150 g/mol. The van der Waals surface area contributed by atoms with E-state index in [0.717, 1.165) is 148 Å². The predicted octanol–water partition coefficient (Wildman–Crippen LogP) is 18.6. The van der Waals surface area contributed by atoms with Crippen molar-refractivity contribution >= 4 is 17.9 Å². The maximum Gasteiger partial charge on any atom is 0.306 e. The molecular formula is C74H117NO8. The van der Waals surface area contributed by atoms with E-state index < -0.39 is 24.3 Å². The van der Waals surface area contributed by atoms with Gasteiger partial charge in [0.15, 0.2) is 12.4 Å². The second-order valence-electron chi connectivity index (χ2n) is 21.9. The summed E-state index contributed by atoms with van der Waals surface area (Å²) in [5.74, 6) is -2.34. The topological polar surface area (TPSA) is 111 Å². The second kappa shape index (κ2) is 62.7. The van der Waals surface area contributed by atoms with Gasteiger partial charge in [-0.05, 0) is 128 Å². The Morgan fingerprint density at radius 1 is 0.361 bits per heavy atom. The van der Waals surface area contributed by atoms with Crippen LogP contribution >= 0.6 is 0 Å². The lowest BCUT2D eigenvalue weighted by Crippen LogP contribution is -2.44. The molecule has 0 aliphatic rings. The summed E-state index contributed by atoms with van der Waals surface area (Å²) in [6.45, 7) is 4.46. The molecule has 9 heteroatoms. The quantitative estimate of drug-likeness (QED) is 0.0195. The molecule has 0 heterocycles. The van der Waals surface area contributed by atoms with E-state index in [1.165, 1.54) is 38.5 Å². The fraction of sp³-hybridized carbons (Fsp3) is 0.581. The van der Waals surface area contributed by atoms with Crippen LogP contribution in [0.15, 0.2) is 170 Å². The molecule has 0 spiro atoms. The van der Waals surface area contributed by atoms with Crippen molar-refractivity contribution in [2.75, 3.05) is 47.5 Å². The van der Waals surface area contributed by atoms with Gasteiger partial charge in [-0.25, -0.2) is 0 Å². The van der Waals surface area contributed by atoms with Gasteiger partial charge in [0.25, 0.3) is 0 Å². The highest BCUT2D eigenvalue weighted by Crippen LogP contribution is 2.14. The Kier molecular flexibility index (Phi) is 58.6. The van der Waals surface area contributed by atoms with Crippen LogP contribution in [-0.4, -0.2) is 82.3 Å². The third kappa shape index (κ3) is 64.1. The molecule has 2 unspecified atom stereocenters. The van der Waals surface area contributed by atoms with Gasteiger partial charge in [-0.15, -0.1) is 0 Å². The van der Waals surface area contributed by atoms with Crippen LogP contribution in [0.2, 0.25) is 0 Å². The Labute approximate surface area is 507 Å². The van der Waals surface area contributed by atoms with Crippen LogP contribution in [0.25, 0.3) is 0 Å². The van der Waals surface area contributed by atoms with E-state index in [9.17, 15) is 19.5 Å². The number of rotatable bonds is 57. The highest BCUT2D eigenvalue weighted by Gasteiger charge is 2.22. The fourth-order valence-corrected chi connectivity index (χ4v) is 8.08. The van der Waals surface area contributed by atoms with Crippen molar-refractivity contribution in [3.05, 3.63) is 170 Å².